The van der Waals surface area contributed by atoms with Gasteiger partial charge in [0.25, 0.3) is 0 Å². The summed E-state index contributed by atoms with van der Waals surface area (Å²) in [4.78, 5) is 18.7. The molecule has 162 valence electrons. The third-order valence-corrected chi connectivity index (χ3v) is 6.15. The highest BCUT2D eigenvalue weighted by Gasteiger charge is 2.26. The van der Waals surface area contributed by atoms with Crippen LogP contribution < -0.4 is 10.6 Å². The molecule has 1 saturated carbocycles. The average molecular weight is 512 g/mol. The van der Waals surface area contributed by atoms with Gasteiger partial charge in [-0.05, 0) is 56.4 Å². The van der Waals surface area contributed by atoms with Gasteiger partial charge in [-0.15, -0.1) is 24.0 Å². The van der Waals surface area contributed by atoms with Crippen LogP contribution in [0.1, 0.15) is 63.9 Å². The first-order valence-corrected chi connectivity index (χ1v) is 11.1. The zero-order valence-corrected chi connectivity index (χ0v) is 20.2. The van der Waals surface area contributed by atoms with Crippen molar-refractivity contribution in [2.45, 2.75) is 64.3 Å². The third kappa shape index (κ3) is 7.15. The lowest BCUT2D eigenvalue weighted by atomic mass is 9.79. The molecule has 0 spiro atoms. The van der Waals surface area contributed by atoms with Crippen LogP contribution in [0.4, 0.5) is 0 Å². The largest absolute Gasteiger partial charge is 0.357 e. The van der Waals surface area contributed by atoms with Gasteiger partial charge in [0.15, 0.2) is 5.96 Å². The first kappa shape index (κ1) is 24.0. The molecule has 0 bridgehead atoms. The molecule has 1 atom stereocenters. The Morgan fingerprint density at radius 2 is 1.83 bits per heavy atom. The predicted molar refractivity (Wildman–Crippen MR) is 131 cm³/mol. The van der Waals surface area contributed by atoms with E-state index < -0.39 is 0 Å². The molecule has 3 rings (SSSR count). The van der Waals surface area contributed by atoms with E-state index in [1.54, 1.807) is 0 Å². The van der Waals surface area contributed by atoms with Gasteiger partial charge < -0.3 is 15.5 Å². The fraction of sp³-hybridized carbons (Fsp3) is 0.652. The predicted octanol–water partition coefficient (Wildman–Crippen LogP) is 4.14. The summed E-state index contributed by atoms with van der Waals surface area (Å²) in [5.41, 5.74) is 1.49. The Balaban J connectivity index is 0.00000300. The van der Waals surface area contributed by atoms with Gasteiger partial charge in [0.2, 0.25) is 5.91 Å². The van der Waals surface area contributed by atoms with E-state index in [0.29, 0.717) is 24.3 Å². The number of rotatable bonds is 6. The molecule has 0 radical (unpaired) electrons. The van der Waals surface area contributed by atoms with E-state index >= 15 is 0 Å². The number of likely N-dealkylation sites (tertiary alicyclic amines) is 1. The van der Waals surface area contributed by atoms with Crippen LogP contribution in [0, 0.1) is 5.92 Å². The molecular weight excluding hydrogens is 475 g/mol. The van der Waals surface area contributed by atoms with Crippen LogP contribution in [0.2, 0.25) is 0 Å². The van der Waals surface area contributed by atoms with Crippen molar-refractivity contribution in [3.63, 3.8) is 0 Å². The van der Waals surface area contributed by atoms with E-state index in [1.165, 1.54) is 31.2 Å². The van der Waals surface area contributed by atoms with Crippen molar-refractivity contribution < 1.29 is 4.79 Å². The zero-order valence-electron chi connectivity index (χ0n) is 17.9. The second-order valence-electron chi connectivity index (χ2n) is 8.17. The molecule has 29 heavy (non-hydrogen) atoms. The molecule has 1 aliphatic heterocycles. The summed E-state index contributed by atoms with van der Waals surface area (Å²) < 4.78 is 0. The summed E-state index contributed by atoms with van der Waals surface area (Å²) in [6, 6.07) is 11.2. The zero-order chi connectivity index (χ0) is 19.8. The molecule has 2 fully saturated rings. The van der Waals surface area contributed by atoms with Gasteiger partial charge >= 0.3 is 0 Å². The second kappa shape index (κ2) is 12.4. The maximum atomic E-state index is 11.9. The number of nitrogens with one attached hydrogen (secondary N) is 2. The Hall–Kier alpha value is -1.31. The van der Waals surface area contributed by atoms with Gasteiger partial charge in [0.1, 0.15) is 0 Å². The number of hydrogen-bond acceptors (Lipinski definition) is 2. The van der Waals surface area contributed by atoms with Crippen molar-refractivity contribution in [1.29, 1.82) is 0 Å². The summed E-state index contributed by atoms with van der Waals surface area (Å²) in [7, 11) is 0. The molecule has 1 aliphatic carbocycles. The highest BCUT2D eigenvalue weighted by atomic mass is 127. The van der Waals surface area contributed by atoms with Gasteiger partial charge in [0.05, 0.1) is 0 Å². The molecule has 2 N–H and O–H groups in total. The Bertz CT molecular complexity index is 644. The molecule has 1 unspecified atom stereocenters. The standard InChI is InChI=1S/C23H36N4O.HI/c1-3-22(28)27-15-14-21(17-27)26-23(24-4-2)25-16-18-10-12-20(13-11-18)19-8-6-5-7-9-19;/h5-9,18,20-21H,3-4,10-17H2,1-2H3,(H2,24,25,26);1H. The highest BCUT2D eigenvalue weighted by Crippen LogP contribution is 2.35. The van der Waals surface area contributed by atoms with Crippen molar-refractivity contribution in [2.75, 3.05) is 26.2 Å². The van der Waals surface area contributed by atoms with Crippen molar-refractivity contribution in [3.8, 4) is 0 Å². The first-order chi connectivity index (χ1) is 13.7. The van der Waals surface area contributed by atoms with E-state index in [9.17, 15) is 4.79 Å². The van der Waals surface area contributed by atoms with Gasteiger partial charge in [-0.2, -0.15) is 0 Å². The normalized spacial score (nSPS) is 24.7. The summed E-state index contributed by atoms with van der Waals surface area (Å²) >= 11 is 0. The van der Waals surface area contributed by atoms with Crippen LogP contribution in [-0.2, 0) is 4.79 Å². The molecule has 1 aromatic carbocycles. The Morgan fingerprint density at radius 1 is 1.10 bits per heavy atom. The number of carbonyl (C=O) groups is 1. The van der Waals surface area contributed by atoms with Crippen LogP contribution >= 0.6 is 24.0 Å². The summed E-state index contributed by atoms with van der Waals surface area (Å²) in [5.74, 6) is 2.55. The molecule has 5 nitrogen and oxygen atoms in total. The lowest BCUT2D eigenvalue weighted by Gasteiger charge is -2.28. The summed E-state index contributed by atoms with van der Waals surface area (Å²) in [6.45, 7) is 7.43. The maximum Gasteiger partial charge on any atom is 0.222 e. The molecule has 1 aromatic rings. The molecule has 1 heterocycles. The topological polar surface area (TPSA) is 56.7 Å². The van der Waals surface area contributed by atoms with E-state index in [4.69, 9.17) is 4.99 Å². The number of amides is 1. The molecule has 2 aliphatic rings. The number of aliphatic imine (C=N–C) groups is 1. The number of nitrogens with zero attached hydrogens (tertiary/aromatic N) is 2. The third-order valence-electron chi connectivity index (χ3n) is 6.15. The van der Waals surface area contributed by atoms with Gasteiger partial charge in [0, 0.05) is 38.6 Å². The fourth-order valence-electron chi connectivity index (χ4n) is 4.47. The van der Waals surface area contributed by atoms with E-state index in [2.05, 4.69) is 47.9 Å². The summed E-state index contributed by atoms with van der Waals surface area (Å²) in [6.07, 6.45) is 6.63. The van der Waals surface area contributed by atoms with Crippen LogP contribution in [0.15, 0.2) is 35.3 Å². The Morgan fingerprint density at radius 3 is 2.48 bits per heavy atom. The van der Waals surface area contributed by atoms with E-state index in [0.717, 1.165) is 38.6 Å². The van der Waals surface area contributed by atoms with Crippen molar-refractivity contribution in [2.24, 2.45) is 10.9 Å². The van der Waals surface area contributed by atoms with Crippen LogP contribution in [0.3, 0.4) is 0 Å². The van der Waals surface area contributed by atoms with E-state index in [-0.39, 0.29) is 29.9 Å². The Labute approximate surface area is 193 Å². The number of halogens is 1. The number of carbonyl (C=O) groups excluding carboxylic acids is 1. The molecule has 1 saturated heterocycles. The van der Waals surface area contributed by atoms with Crippen molar-refractivity contribution >= 4 is 35.8 Å². The maximum absolute atomic E-state index is 11.9. The average Bonchev–Trinajstić information content (AvgIpc) is 3.21. The number of hydrogen-bond donors (Lipinski definition) is 2. The molecule has 6 heteroatoms. The SMILES string of the molecule is CCNC(=NCC1CCC(c2ccccc2)CC1)NC1CCN(C(=O)CC)C1.I. The monoisotopic (exact) mass is 512 g/mol. The smallest absolute Gasteiger partial charge is 0.222 e. The van der Waals surface area contributed by atoms with Gasteiger partial charge in [-0.1, -0.05) is 37.3 Å². The fourth-order valence-corrected chi connectivity index (χ4v) is 4.47. The number of guanidine groups is 1. The second-order valence-corrected chi connectivity index (χ2v) is 8.17. The highest BCUT2D eigenvalue weighted by molar-refractivity contribution is 14.0. The van der Waals surface area contributed by atoms with Crippen molar-refractivity contribution in [1.82, 2.24) is 15.5 Å². The lowest BCUT2D eigenvalue weighted by Crippen LogP contribution is -2.45. The number of benzene rings is 1. The van der Waals surface area contributed by atoms with Gasteiger partial charge in [-0.25, -0.2) is 0 Å². The van der Waals surface area contributed by atoms with Crippen molar-refractivity contribution in [3.05, 3.63) is 35.9 Å². The van der Waals surface area contributed by atoms with Gasteiger partial charge in [-0.3, -0.25) is 9.79 Å². The minimum absolute atomic E-state index is 0. The molecule has 1 amide bonds. The quantitative estimate of drug-likeness (QED) is 0.342. The van der Waals surface area contributed by atoms with Crippen LogP contribution in [0.25, 0.3) is 0 Å². The molecule has 0 aromatic heterocycles. The van der Waals surface area contributed by atoms with Crippen LogP contribution in [-0.4, -0.2) is 49.0 Å². The summed E-state index contributed by atoms with van der Waals surface area (Å²) in [5, 5.41) is 6.92. The Kier molecular flexibility index (Phi) is 10.2. The minimum atomic E-state index is 0. The van der Waals surface area contributed by atoms with E-state index in [1.807, 2.05) is 11.8 Å². The minimum Gasteiger partial charge on any atom is -0.357 e. The van der Waals surface area contributed by atoms with Crippen LogP contribution in [0.5, 0.6) is 0 Å². The lowest BCUT2D eigenvalue weighted by molar-refractivity contribution is -0.129. The first-order valence-electron chi connectivity index (χ1n) is 11.1. The molecular formula is C23H37IN4O.